The lowest BCUT2D eigenvalue weighted by atomic mass is 10.1. The predicted molar refractivity (Wildman–Crippen MR) is 125 cm³/mol. The Balaban J connectivity index is 1.57. The molecule has 2 aromatic carbocycles. The number of urea groups is 1. The van der Waals surface area contributed by atoms with Gasteiger partial charge in [-0.2, -0.15) is 0 Å². The molecular formula is C24H32FN5O2. The first-order valence-corrected chi connectivity index (χ1v) is 10.9. The maximum Gasteiger partial charge on any atom is 0.319 e. The SMILES string of the molecule is CN=C(NCc1ccc(NC(=O)NC(C)C)cc1)N1CC(C)OC(c2ccc(F)cc2)C1. The molecule has 3 N–H and O–H groups in total. The van der Waals surface area contributed by atoms with Crippen LogP contribution in [0.25, 0.3) is 0 Å². The van der Waals surface area contributed by atoms with Gasteiger partial charge in [0.1, 0.15) is 11.9 Å². The maximum atomic E-state index is 13.3. The van der Waals surface area contributed by atoms with Crippen molar-refractivity contribution in [1.82, 2.24) is 15.5 Å². The van der Waals surface area contributed by atoms with Crippen LogP contribution in [0.4, 0.5) is 14.9 Å². The van der Waals surface area contributed by atoms with E-state index in [0.29, 0.717) is 19.6 Å². The Morgan fingerprint density at radius 1 is 1.16 bits per heavy atom. The summed E-state index contributed by atoms with van der Waals surface area (Å²) in [4.78, 5) is 18.4. The van der Waals surface area contributed by atoms with E-state index >= 15 is 0 Å². The molecule has 1 saturated heterocycles. The Bertz CT molecular complexity index is 915. The average molecular weight is 442 g/mol. The number of guanidine groups is 1. The van der Waals surface area contributed by atoms with Crippen molar-refractivity contribution in [3.8, 4) is 0 Å². The van der Waals surface area contributed by atoms with Gasteiger partial charge in [-0.15, -0.1) is 0 Å². The van der Waals surface area contributed by atoms with Crippen molar-refractivity contribution in [1.29, 1.82) is 0 Å². The minimum Gasteiger partial charge on any atom is -0.367 e. The summed E-state index contributed by atoms with van der Waals surface area (Å²) in [5, 5.41) is 9.02. The van der Waals surface area contributed by atoms with E-state index in [1.807, 2.05) is 45.0 Å². The molecule has 0 radical (unpaired) electrons. The van der Waals surface area contributed by atoms with Gasteiger partial charge in [0.25, 0.3) is 0 Å². The zero-order valence-electron chi connectivity index (χ0n) is 19.1. The fourth-order valence-corrected chi connectivity index (χ4v) is 3.63. The summed E-state index contributed by atoms with van der Waals surface area (Å²) >= 11 is 0. The minimum atomic E-state index is -0.256. The highest BCUT2D eigenvalue weighted by Gasteiger charge is 2.28. The molecule has 32 heavy (non-hydrogen) atoms. The van der Waals surface area contributed by atoms with Gasteiger partial charge in [-0.05, 0) is 56.2 Å². The molecule has 0 aromatic heterocycles. The quantitative estimate of drug-likeness (QED) is 0.486. The highest BCUT2D eigenvalue weighted by Crippen LogP contribution is 2.25. The molecule has 1 fully saturated rings. The molecule has 0 bridgehead atoms. The number of morpholine rings is 1. The molecule has 3 rings (SSSR count). The van der Waals surface area contributed by atoms with Crippen molar-refractivity contribution < 1.29 is 13.9 Å². The molecule has 1 heterocycles. The number of carbonyl (C=O) groups excluding carboxylic acids is 1. The van der Waals surface area contributed by atoms with Gasteiger partial charge in [-0.3, -0.25) is 4.99 Å². The third-order valence-electron chi connectivity index (χ3n) is 5.10. The third kappa shape index (κ3) is 6.68. The molecular weight excluding hydrogens is 409 g/mol. The number of carbonyl (C=O) groups is 1. The summed E-state index contributed by atoms with van der Waals surface area (Å²) < 4.78 is 19.4. The van der Waals surface area contributed by atoms with Gasteiger partial charge >= 0.3 is 6.03 Å². The molecule has 1 aliphatic heterocycles. The Morgan fingerprint density at radius 2 is 1.84 bits per heavy atom. The van der Waals surface area contributed by atoms with E-state index in [1.165, 1.54) is 12.1 Å². The number of anilines is 1. The van der Waals surface area contributed by atoms with Gasteiger partial charge < -0.3 is 25.6 Å². The standard InChI is InChI=1S/C24H32FN5O2/c1-16(2)28-24(31)29-21-11-5-18(6-12-21)13-27-23(26-4)30-14-17(3)32-22(15-30)19-7-9-20(25)10-8-19/h5-12,16-17,22H,13-15H2,1-4H3,(H,26,27)(H2,28,29,31). The van der Waals surface area contributed by atoms with Crippen LogP contribution in [0.5, 0.6) is 0 Å². The van der Waals surface area contributed by atoms with Crippen molar-refractivity contribution in [2.24, 2.45) is 4.99 Å². The summed E-state index contributed by atoms with van der Waals surface area (Å²) in [7, 11) is 1.76. The fourth-order valence-electron chi connectivity index (χ4n) is 3.63. The number of amides is 2. The van der Waals surface area contributed by atoms with Crippen LogP contribution in [0, 0.1) is 5.82 Å². The van der Waals surface area contributed by atoms with E-state index in [-0.39, 0.29) is 30.1 Å². The molecule has 2 amide bonds. The molecule has 1 aliphatic rings. The number of hydrogen-bond acceptors (Lipinski definition) is 3. The van der Waals surface area contributed by atoms with Gasteiger partial charge in [-0.1, -0.05) is 24.3 Å². The van der Waals surface area contributed by atoms with Crippen molar-refractivity contribution in [3.05, 3.63) is 65.5 Å². The van der Waals surface area contributed by atoms with E-state index in [0.717, 1.165) is 22.8 Å². The number of aliphatic imine (C=N–C) groups is 1. The normalized spacial score (nSPS) is 19.1. The van der Waals surface area contributed by atoms with E-state index in [1.54, 1.807) is 19.2 Å². The third-order valence-corrected chi connectivity index (χ3v) is 5.10. The number of rotatable bonds is 5. The maximum absolute atomic E-state index is 13.3. The number of hydrogen-bond donors (Lipinski definition) is 3. The van der Waals surface area contributed by atoms with E-state index in [9.17, 15) is 9.18 Å². The lowest BCUT2D eigenvalue weighted by molar-refractivity contribution is -0.0605. The summed E-state index contributed by atoms with van der Waals surface area (Å²) in [5.74, 6) is 0.527. The number of benzene rings is 2. The second-order valence-electron chi connectivity index (χ2n) is 8.24. The first-order valence-electron chi connectivity index (χ1n) is 10.9. The molecule has 2 aromatic rings. The minimum absolute atomic E-state index is 0.0136. The van der Waals surface area contributed by atoms with Gasteiger partial charge in [-0.25, -0.2) is 9.18 Å². The number of halogens is 1. The summed E-state index contributed by atoms with van der Waals surface area (Å²) in [6.45, 7) is 7.79. The van der Waals surface area contributed by atoms with Gasteiger partial charge in [0.15, 0.2) is 5.96 Å². The van der Waals surface area contributed by atoms with Crippen LogP contribution < -0.4 is 16.0 Å². The first-order chi connectivity index (χ1) is 15.3. The average Bonchev–Trinajstić information content (AvgIpc) is 2.75. The largest absolute Gasteiger partial charge is 0.367 e. The number of nitrogens with zero attached hydrogens (tertiary/aromatic N) is 2. The van der Waals surface area contributed by atoms with Crippen LogP contribution in [0.1, 0.15) is 38.0 Å². The Labute approximate surface area is 189 Å². The van der Waals surface area contributed by atoms with E-state index < -0.39 is 0 Å². The summed E-state index contributed by atoms with van der Waals surface area (Å²) in [6, 6.07) is 14.0. The summed E-state index contributed by atoms with van der Waals surface area (Å²) in [5.41, 5.74) is 2.75. The molecule has 8 heteroatoms. The number of nitrogens with one attached hydrogen (secondary N) is 3. The molecule has 0 aliphatic carbocycles. The van der Waals surface area contributed by atoms with Crippen LogP contribution in [0.2, 0.25) is 0 Å². The Morgan fingerprint density at radius 3 is 2.47 bits per heavy atom. The topological polar surface area (TPSA) is 78.0 Å². The van der Waals surface area contributed by atoms with Crippen molar-refractivity contribution in [3.63, 3.8) is 0 Å². The smallest absolute Gasteiger partial charge is 0.319 e. The second-order valence-corrected chi connectivity index (χ2v) is 8.24. The predicted octanol–water partition coefficient (Wildman–Crippen LogP) is 3.89. The van der Waals surface area contributed by atoms with Crippen LogP contribution in [-0.4, -0.2) is 49.2 Å². The zero-order valence-corrected chi connectivity index (χ0v) is 19.1. The van der Waals surface area contributed by atoms with Gasteiger partial charge in [0.2, 0.25) is 0 Å². The van der Waals surface area contributed by atoms with Crippen molar-refractivity contribution in [2.45, 2.75) is 45.6 Å². The lowest BCUT2D eigenvalue weighted by Gasteiger charge is -2.38. The van der Waals surface area contributed by atoms with E-state index in [2.05, 4.69) is 25.8 Å². The first kappa shape index (κ1) is 23.5. The highest BCUT2D eigenvalue weighted by atomic mass is 19.1. The van der Waals surface area contributed by atoms with Crippen LogP contribution in [0.15, 0.2) is 53.5 Å². The summed E-state index contributed by atoms with van der Waals surface area (Å²) in [6.07, 6.45) is -0.139. The van der Waals surface area contributed by atoms with E-state index in [4.69, 9.17) is 4.74 Å². The molecule has 7 nitrogen and oxygen atoms in total. The fraction of sp³-hybridized carbons (Fsp3) is 0.417. The van der Waals surface area contributed by atoms with Crippen LogP contribution >= 0.6 is 0 Å². The Hall–Kier alpha value is -3.13. The molecule has 0 spiro atoms. The molecule has 0 saturated carbocycles. The molecule has 2 atom stereocenters. The number of ether oxygens (including phenoxy) is 1. The van der Waals surface area contributed by atoms with Crippen molar-refractivity contribution >= 4 is 17.7 Å². The highest BCUT2D eigenvalue weighted by molar-refractivity contribution is 5.89. The van der Waals surface area contributed by atoms with Crippen molar-refractivity contribution in [2.75, 3.05) is 25.5 Å². The molecule has 2 unspecified atom stereocenters. The second kappa shape index (κ2) is 10.9. The molecule has 172 valence electrons. The zero-order chi connectivity index (χ0) is 23.1. The Kier molecular flexibility index (Phi) is 8.05. The van der Waals surface area contributed by atoms with Crippen LogP contribution in [-0.2, 0) is 11.3 Å². The van der Waals surface area contributed by atoms with Crippen LogP contribution in [0.3, 0.4) is 0 Å². The van der Waals surface area contributed by atoms with Gasteiger partial charge in [0.05, 0.1) is 12.6 Å². The van der Waals surface area contributed by atoms with Gasteiger partial charge in [0, 0.05) is 31.9 Å². The monoisotopic (exact) mass is 441 g/mol. The lowest BCUT2D eigenvalue weighted by Crippen LogP contribution is -2.50.